The number of aliphatic carboxylic acids is 1. The van der Waals surface area contributed by atoms with Crippen LogP contribution in [0.1, 0.15) is 12.0 Å². The second-order valence-electron chi connectivity index (χ2n) is 5.31. The third-order valence-corrected chi connectivity index (χ3v) is 3.60. The third-order valence-electron chi connectivity index (χ3n) is 3.60. The molecule has 0 saturated carbocycles. The Kier molecular flexibility index (Phi) is 5.51. The van der Waals surface area contributed by atoms with Crippen LogP contribution in [-0.4, -0.2) is 47.5 Å². The molecule has 1 aliphatic rings. The predicted octanol–water partition coefficient (Wildman–Crippen LogP) is 0.558. The maximum atomic E-state index is 12.7. The van der Waals surface area contributed by atoms with Crippen molar-refractivity contribution >= 4 is 17.9 Å². The second-order valence-corrected chi connectivity index (χ2v) is 5.31. The minimum Gasteiger partial charge on any atom is -0.481 e. The van der Waals surface area contributed by atoms with Crippen LogP contribution >= 0.6 is 0 Å². The fourth-order valence-corrected chi connectivity index (χ4v) is 2.31. The molecule has 0 aromatic heterocycles. The predicted molar refractivity (Wildman–Crippen MR) is 79.0 cm³/mol. The minimum absolute atomic E-state index is 0.00605. The molecular formula is C15H18FN3O4. The first-order valence-corrected chi connectivity index (χ1v) is 7.22. The summed E-state index contributed by atoms with van der Waals surface area (Å²) in [6.07, 6.45) is 0.00605. The molecule has 1 atom stereocenters. The van der Waals surface area contributed by atoms with Gasteiger partial charge in [-0.2, -0.15) is 0 Å². The number of rotatable bonds is 6. The SMILES string of the molecule is O=C(NCCN1CC(C(=O)O)CC1=O)NCc1ccc(F)cc1. The number of nitrogens with one attached hydrogen (secondary N) is 2. The number of benzene rings is 1. The van der Waals surface area contributed by atoms with Crippen molar-refractivity contribution in [3.8, 4) is 0 Å². The van der Waals surface area contributed by atoms with Gasteiger partial charge in [-0.3, -0.25) is 9.59 Å². The molecule has 0 aliphatic carbocycles. The van der Waals surface area contributed by atoms with Gasteiger partial charge in [0.05, 0.1) is 5.92 Å². The zero-order chi connectivity index (χ0) is 16.8. The van der Waals surface area contributed by atoms with Crippen LogP contribution in [0.5, 0.6) is 0 Å². The van der Waals surface area contributed by atoms with Gasteiger partial charge in [-0.15, -0.1) is 0 Å². The van der Waals surface area contributed by atoms with Crippen LogP contribution in [0.15, 0.2) is 24.3 Å². The molecule has 1 aromatic carbocycles. The van der Waals surface area contributed by atoms with Crippen molar-refractivity contribution in [3.63, 3.8) is 0 Å². The van der Waals surface area contributed by atoms with E-state index in [9.17, 15) is 18.8 Å². The van der Waals surface area contributed by atoms with Crippen molar-refractivity contribution in [2.24, 2.45) is 5.92 Å². The van der Waals surface area contributed by atoms with Gasteiger partial charge in [0.1, 0.15) is 5.82 Å². The normalized spacial score (nSPS) is 17.2. The molecule has 3 amide bonds. The van der Waals surface area contributed by atoms with Gasteiger partial charge in [0.15, 0.2) is 0 Å². The summed E-state index contributed by atoms with van der Waals surface area (Å²) < 4.78 is 12.7. The molecule has 3 N–H and O–H groups in total. The van der Waals surface area contributed by atoms with Gasteiger partial charge in [0.25, 0.3) is 0 Å². The molecule has 124 valence electrons. The lowest BCUT2D eigenvalue weighted by Gasteiger charge is -2.16. The Morgan fingerprint density at radius 1 is 1.26 bits per heavy atom. The molecule has 1 unspecified atom stereocenters. The van der Waals surface area contributed by atoms with Crippen LogP contribution in [0.4, 0.5) is 9.18 Å². The van der Waals surface area contributed by atoms with Crippen LogP contribution in [0.2, 0.25) is 0 Å². The Hall–Kier alpha value is -2.64. The largest absolute Gasteiger partial charge is 0.481 e. The summed E-state index contributed by atoms with van der Waals surface area (Å²) in [7, 11) is 0. The Labute approximate surface area is 132 Å². The van der Waals surface area contributed by atoms with Crippen LogP contribution in [-0.2, 0) is 16.1 Å². The molecule has 7 nitrogen and oxygen atoms in total. The van der Waals surface area contributed by atoms with Gasteiger partial charge in [-0.05, 0) is 17.7 Å². The highest BCUT2D eigenvalue weighted by atomic mass is 19.1. The molecule has 2 rings (SSSR count). The first kappa shape index (κ1) is 16.7. The summed E-state index contributed by atoms with van der Waals surface area (Å²) in [6.45, 7) is 0.933. The number of carbonyl (C=O) groups is 3. The Bertz CT molecular complexity index is 591. The molecule has 1 heterocycles. The van der Waals surface area contributed by atoms with Gasteiger partial charge in [-0.1, -0.05) is 12.1 Å². The average Bonchev–Trinajstić information content (AvgIpc) is 2.88. The van der Waals surface area contributed by atoms with E-state index >= 15 is 0 Å². The average molecular weight is 323 g/mol. The van der Waals surface area contributed by atoms with E-state index in [2.05, 4.69) is 10.6 Å². The highest BCUT2D eigenvalue weighted by Gasteiger charge is 2.33. The number of halogens is 1. The molecule has 1 fully saturated rings. The summed E-state index contributed by atoms with van der Waals surface area (Å²) in [5.41, 5.74) is 0.764. The molecule has 0 bridgehead atoms. The van der Waals surface area contributed by atoms with Crippen molar-refractivity contribution in [1.29, 1.82) is 0 Å². The minimum atomic E-state index is -0.981. The zero-order valence-corrected chi connectivity index (χ0v) is 12.4. The van der Waals surface area contributed by atoms with Gasteiger partial charge in [0, 0.05) is 32.6 Å². The summed E-state index contributed by atoms with van der Waals surface area (Å²) in [6, 6.07) is 5.37. The number of urea groups is 1. The maximum absolute atomic E-state index is 12.7. The van der Waals surface area contributed by atoms with Crippen LogP contribution < -0.4 is 10.6 Å². The molecule has 1 saturated heterocycles. The van der Waals surface area contributed by atoms with Crippen molar-refractivity contribution in [3.05, 3.63) is 35.6 Å². The molecule has 1 aromatic rings. The highest BCUT2D eigenvalue weighted by Crippen LogP contribution is 2.17. The van der Waals surface area contributed by atoms with Crippen LogP contribution in [0.3, 0.4) is 0 Å². The van der Waals surface area contributed by atoms with Crippen molar-refractivity contribution in [2.75, 3.05) is 19.6 Å². The number of hydrogen-bond donors (Lipinski definition) is 3. The molecule has 0 radical (unpaired) electrons. The number of likely N-dealkylation sites (tertiary alicyclic amines) is 1. The van der Waals surface area contributed by atoms with Gasteiger partial charge >= 0.3 is 12.0 Å². The van der Waals surface area contributed by atoms with Crippen LogP contribution in [0.25, 0.3) is 0 Å². The fourth-order valence-electron chi connectivity index (χ4n) is 2.31. The quantitative estimate of drug-likeness (QED) is 0.712. The number of nitrogens with zero attached hydrogens (tertiary/aromatic N) is 1. The third kappa shape index (κ3) is 4.94. The zero-order valence-electron chi connectivity index (χ0n) is 12.4. The molecule has 1 aliphatic heterocycles. The standard InChI is InChI=1S/C15H18FN3O4/c16-12-3-1-10(2-4-12)8-18-15(23)17-5-6-19-9-11(14(21)22)7-13(19)20/h1-4,11H,5-9H2,(H,21,22)(H2,17,18,23). The monoisotopic (exact) mass is 323 g/mol. The summed E-state index contributed by atoms with van der Waals surface area (Å²) in [5, 5.41) is 14.1. The van der Waals surface area contributed by atoms with Gasteiger partial charge in [-0.25, -0.2) is 9.18 Å². The number of hydrogen-bond acceptors (Lipinski definition) is 3. The lowest BCUT2D eigenvalue weighted by molar-refractivity contribution is -0.141. The lowest BCUT2D eigenvalue weighted by Crippen LogP contribution is -2.40. The summed E-state index contributed by atoms with van der Waals surface area (Å²) >= 11 is 0. The van der Waals surface area contributed by atoms with Crippen molar-refractivity contribution < 1.29 is 23.9 Å². The number of carbonyl (C=O) groups excluding carboxylic acids is 2. The van der Waals surface area contributed by atoms with E-state index < -0.39 is 17.9 Å². The number of carboxylic acid groups (broad SMARTS) is 1. The first-order valence-electron chi connectivity index (χ1n) is 7.22. The second kappa shape index (κ2) is 7.57. The van der Waals surface area contributed by atoms with Gasteiger partial charge < -0.3 is 20.6 Å². The van der Waals surface area contributed by atoms with Crippen molar-refractivity contribution in [2.45, 2.75) is 13.0 Å². The van der Waals surface area contributed by atoms with Crippen LogP contribution in [0, 0.1) is 11.7 Å². The maximum Gasteiger partial charge on any atom is 0.315 e. The topological polar surface area (TPSA) is 98.7 Å². The smallest absolute Gasteiger partial charge is 0.315 e. The van der Waals surface area contributed by atoms with Gasteiger partial charge in [0.2, 0.25) is 5.91 Å². The van der Waals surface area contributed by atoms with E-state index in [1.807, 2.05) is 0 Å². The molecule has 0 spiro atoms. The number of amides is 3. The van der Waals surface area contributed by atoms with E-state index in [0.29, 0.717) is 0 Å². The summed E-state index contributed by atoms with van der Waals surface area (Å²) in [5.74, 6) is -2.21. The van der Waals surface area contributed by atoms with E-state index in [0.717, 1.165) is 5.56 Å². The molecular weight excluding hydrogens is 305 g/mol. The lowest BCUT2D eigenvalue weighted by atomic mass is 10.1. The summed E-state index contributed by atoms with van der Waals surface area (Å²) in [4.78, 5) is 35.5. The van der Waals surface area contributed by atoms with E-state index in [4.69, 9.17) is 5.11 Å². The fraction of sp³-hybridized carbons (Fsp3) is 0.400. The Balaban J connectivity index is 1.66. The van der Waals surface area contributed by atoms with E-state index in [-0.39, 0.29) is 44.3 Å². The highest BCUT2D eigenvalue weighted by molar-refractivity contribution is 5.86. The Morgan fingerprint density at radius 2 is 1.96 bits per heavy atom. The molecule has 23 heavy (non-hydrogen) atoms. The van der Waals surface area contributed by atoms with E-state index in [1.54, 1.807) is 12.1 Å². The molecule has 8 heteroatoms. The first-order chi connectivity index (χ1) is 11.0. The number of carboxylic acids is 1. The van der Waals surface area contributed by atoms with E-state index in [1.165, 1.54) is 17.0 Å². The Morgan fingerprint density at radius 3 is 2.57 bits per heavy atom. The van der Waals surface area contributed by atoms with Crippen molar-refractivity contribution in [1.82, 2.24) is 15.5 Å².